The van der Waals surface area contributed by atoms with Gasteiger partial charge in [0.05, 0.1) is 17.5 Å². The Morgan fingerprint density at radius 3 is 2.21 bits per heavy atom. The molecule has 0 saturated carbocycles. The first-order chi connectivity index (χ1) is 19.9. The van der Waals surface area contributed by atoms with E-state index in [0.717, 1.165) is 16.7 Å². The van der Waals surface area contributed by atoms with E-state index in [2.05, 4.69) is 15.1 Å². The lowest BCUT2D eigenvalue weighted by Gasteiger charge is -2.44. The van der Waals surface area contributed by atoms with E-state index in [1.807, 2.05) is 6.07 Å². The maximum Gasteiger partial charge on any atom is 0.342 e. The summed E-state index contributed by atoms with van der Waals surface area (Å²) in [6.45, 7) is 11.6. The molecule has 1 aliphatic heterocycles. The molecule has 1 aliphatic rings. The van der Waals surface area contributed by atoms with E-state index in [1.54, 1.807) is 72.7 Å². The van der Waals surface area contributed by atoms with Gasteiger partial charge in [0.1, 0.15) is 28.6 Å². The zero-order valence-corrected chi connectivity index (χ0v) is 25.2. The summed E-state index contributed by atoms with van der Waals surface area (Å²) in [5.41, 5.74) is 13.6. The number of nitrogen functional groups attached to an aromatic ring is 1. The Morgan fingerprint density at radius 2 is 1.65 bits per heavy atom. The van der Waals surface area contributed by atoms with Crippen molar-refractivity contribution in [3.05, 3.63) is 64.3 Å². The molecule has 0 bridgehead atoms. The van der Waals surface area contributed by atoms with Gasteiger partial charge < -0.3 is 26.1 Å². The molecule has 1 fully saturated rings. The van der Waals surface area contributed by atoms with Crippen molar-refractivity contribution in [2.45, 2.75) is 78.2 Å². The third kappa shape index (κ3) is 7.69. The van der Waals surface area contributed by atoms with Crippen LogP contribution in [0.1, 0.15) is 86.4 Å². The van der Waals surface area contributed by atoms with Gasteiger partial charge in [-0.3, -0.25) is 14.5 Å². The van der Waals surface area contributed by atoms with E-state index in [0.29, 0.717) is 6.21 Å². The minimum atomic E-state index is -1.42. The first kappa shape index (κ1) is 32.6. The number of ether oxygens (including phenoxy) is 2. The Hall–Kier alpha value is -4.90. The fraction of sp³-hybridized carbons (Fsp3) is 0.433. The van der Waals surface area contributed by atoms with E-state index in [4.69, 9.17) is 20.7 Å². The zero-order valence-electron chi connectivity index (χ0n) is 25.2. The number of aromatic nitrogens is 1. The number of likely N-dealkylation sites (tertiary alicyclic amines) is 1. The van der Waals surface area contributed by atoms with Crippen molar-refractivity contribution in [2.24, 2.45) is 5.92 Å². The predicted octanol–water partition coefficient (Wildman–Crippen LogP) is 3.28. The molecule has 3 atom stereocenters. The number of urea groups is 1. The van der Waals surface area contributed by atoms with E-state index in [9.17, 15) is 24.0 Å². The molecule has 3 N–H and O–H groups in total. The lowest BCUT2D eigenvalue weighted by molar-refractivity contribution is -0.155. The molecule has 13 nitrogen and oxygen atoms in total. The van der Waals surface area contributed by atoms with Gasteiger partial charge >= 0.3 is 24.2 Å². The molecule has 43 heavy (non-hydrogen) atoms. The number of anilines is 1. The van der Waals surface area contributed by atoms with Crippen LogP contribution in [0.2, 0.25) is 0 Å². The minimum Gasteiger partial charge on any atom is -0.456 e. The summed E-state index contributed by atoms with van der Waals surface area (Å²) in [6.07, 6.45) is 1.31. The first-order valence-corrected chi connectivity index (χ1v) is 13.6. The van der Waals surface area contributed by atoms with Crippen LogP contribution in [-0.2, 0) is 25.5 Å². The van der Waals surface area contributed by atoms with Crippen LogP contribution in [0.3, 0.4) is 0 Å². The number of ketones is 1. The van der Waals surface area contributed by atoms with Crippen molar-refractivity contribution >= 4 is 41.7 Å². The van der Waals surface area contributed by atoms with E-state index in [-0.39, 0.29) is 28.9 Å². The van der Waals surface area contributed by atoms with Crippen molar-refractivity contribution in [1.82, 2.24) is 15.2 Å². The summed E-state index contributed by atoms with van der Waals surface area (Å²) < 4.78 is 11.0. The molecule has 0 spiro atoms. The Labute approximate surface area is 249 Å². The first-order valence-electron chi connectivity index (χ1n) is 13.6. The van der Waals surface area contributed by atoms with Gasteiger partial charge in [-0.15, -0.1) is 0 Å². The minimum absolute atomic E-state index is 0.0363. The van der Waals surface area contributed by atoms with Gasteiger partial charge in [-0.2, -0.15) is 4.79 Å². The average molecular weight is 593 g/mol. The van der Waals surface area contributed by atoms with Gasteiger partial charge in [-0.05, 0) is 66.0 Å². The van der Waals surface area contributed by atoms with E-state index < -0.39 is 58.9 Å². The summed E-state index contributed by atoms with van der Waals surface area (Å²) >= 11 is 0. The van der Waals surface area contributed by atoms with Crippen LogP contribution in [0.25, 0.3) is 5.53 Å². The molecule has 1 aromatic carbocycles. The summed E-state index contributed by atoms with van der Waals surface area (Å²) in [5, 5.41) is 2.69. The summed E-state index contributed by atoms with van der Waals surface area (Å²) in [6, 6.07) is 6.19. The third-order valence-corrected chi connectivity index (χ3v) is 6.41. The van der Waals surface area contributed by atoms with Gasteiger partial charge in [0.25, 0.3) is 5.78 Å². The number of imide groups is 1. The number of pyridine rings is 1. The lowest BCUT2D eigenvalue weighted by Crippen LogP contribution is -2.69. The molecule has 1 saturated heterocycles. The maximum atomic E-state index is 13.5. The Balaban J connectivity index is 2.06. The molecule has 0 radical (unpaired) electrons. The number of nitrogens with one attached hydrogen (secondary N) is 1. The second-order valence-electron chi connectivity index (χ2n) is 12.1. The largest absolute Gasteiger partial charge is 0.456 e. The second-order valence-corrected chi connectivity index (χ2v) is 12.1. The number of amides is 3. The van der Waals surface area contributed by atoms with Crippen LogP contribution in [0.4, 0.5) is 10.6 Å². The Bertz CT molecular complexity index is 1490. The standard InChI is InChI=1S/C30H36N6O7/c1-16(17-11-9-8-10-12-17)35-28(41)36-23(21(37)15-34-32)19(25(36)38)13-18-20(26(39)42-29(2,3)4)14-33-24(31)22(18)27(40)43-30(5,6)7/h8-12,14-16,19,23H,13H2,1-7H3,(H2,31,33)(H,35,41)/t16-,19-,23+/m1/s1. The van der Waals surface area contributed by atoms with Crippen LogP contribution in [-0.4, -0.2) is 67.8 Å². The number of carbonyl (C=O) groups excluding carboxylic acids is 5. The number of β-lactam (4-membered cyclic amide) rings is 1. The molecular formula is C30H36N6O7. The Morgan fingerprint density at radius 1 is 1.07 bits per heavy atom. The molecule has 2 aromatic rings. The number of benzene rings is 1. The van der Waals surface area contributed by atoms with Gasteiger partial charge in [-0.1, -0.05) is 30.3 Å². The topological polar surface area (TPSA) is 194 Å². The van der Waals surface area contributed by atoms with Crippen LogP contribution >= 0.6 is 0 Å². The average Bonchev–Trinajstić information content (AvgIpc) is 2.88. The highest BCUT2D eigenvalue weighted by molar-refractivity contribution is 6.31. The van der Waals surface area contributed by atoms with Crippen LogP contribution in [0.5, 0.6) is 0 Å². The molecule has 2 heterocycles. The number of esters is 2. The van der Waals surface area contributed by atoms with E-state index in [1.165, 1.54) is 0 Å². The quantitative estimate of drug-likeness (QED) is 0.152. The second kappa shape index (κ2) is 12.5. The molecule has 3 rings (SSSR count). The molecule has 228 valence electrons. The lowest BCUT2D eigenvalue weighted by atomic mass is 9.78. The van der Waals surface area contributed by atoms with Gasteiger partial charge in [-0.25, -0.2) is 19.4 Å². The SMILES string of the molecule is C[C@@H](NC(=O)N1C(=O)[C@H](Cc2c(C(=O)OC(C)(C)C)cnc(N)c2C(=O)OC(C)(C)C)[C@H]1C(=O)C=[N+]=[N-])c1ccccc1. The molecule has 3 amide bonds. The monoisotopic (exact) mass is 592 g/mol. The van der Waals surface area contributed by atoms with Gasteiger partial charge in [0.2, 0.25) is 5.91 Å². The molecular weight excluding hydrogens is 556 g/mol. The fourth-order valence-corrected chi connectivity index (χ4v) is 4.58. The number of nitrogens with zero attached hydrogens (tertiary/aromatic N) is 4. The van der Waals surface area contributed by atoms with E-state index >= 15 is 0 Å². The summed E-state index contributed by atoms with van der Waals surface area (Å²) in [4.78, 5) is 73.7. The van der Waals surface area contributed by atoms with Crippen molar-refractivity contribution in [1.29, 1.82) is 0 Å². The number of nitrogens with two attached hydrogens (primary N) is 1. The number of hydrogen-bond donors (Lipinski definition) is 2. The molecule has 0 unspecified atom stereocenters. The van der Waals surface area contributed by atoms with Crippen molar-refractivity contribution in [3.63, 3.8) is 0 Å². The van der Waals surface area contributed by atoms with Crippen LogP contribution in [0.15, 0.2) is 36.5 Å². The smallest absolute Gasteiger partial charge is 0.342 e. The number of rotatable bonds is 8. The highest BCUT2D eigenvalue weighted by Gasteiger charge is 2.55. The number of Topliss-reactive ketones (excluding diaryl/α,β-unsaturated/α-hetero) is 1. The number of hydrogen-bond acceptors (Lipinski definition) is 9. The highest BCUT2D eigenvalue weighted by atomic mass is 16.6. The van der Waals surface area contributed by atoms with Gasteiger partial charge in [0, 0.05) is 6.20 Å². The Kier molecular flexibility index (Phi) is 9.51. The highest BCUT2D eigenvalue weighted by Crippen LogP contribution is 2.35. The third-order valence-electron chi connectivity index (χ3n) is 6.41. The van der Waals surface area contributed by atoms with Crippen molar-refractivity contribution in [2.75, 3.05) is 5.73 Å². The van der Waals surface area contributed by atoms with Crippen molar-refractivity contribution in [3.8, 4) is 0 Å². The normalized spacial score (nSPS) is 17.2. The molecule has 13 heteroatoms. The summed E-state index contributed by atoms with van der Waals surface area (Å²) in [5.74, 6) is -4.88. The van der Waals surface area contributed by atoms with Crippen LogP contribution < -0.4 is 11.1 Å². The maximum absolute atomic E-state index is 13.5. The van der Waals surface area contributed by atoms with Gasteiger partial charge in [0.15, 0.2) is 0 Å². The predicted molar refractivity (Wildman–Crippen MR) is 155 cm³/mol. The van der Waals surface area contributed by atoms with Crippen molar-refractivity contribution < 1.29 is 38.2 Å². The fourth-order valence-electron chi connectivity index (χ4n) is 4.58. The molecule has 1 aromatic heterocycles. The number of carbonyl (C=O) groups is 5. The molecule has 0 aliphatic carbocycles. The van der Waals surface area contributed by atoms with Crippen LogP contribution in [0, 0.1) is 5.92 Å². The zero-order chi connectivity index (χ0) is 32.3. The summed E-state index contributed by atoms with van der Waals surface area (Å²) in [7, 11) is 0.